The van der Waals surface area contributed by atoms with Crippen LogP contribution in [0.25, 0.3) is 11.4 Å². The molecule has 0 bridgehead atoms. The van der Waals surface area contributed by atoms with Gasteiger partial charge in [-0.25, -0.2) is 4.68 Å². The van der Waals surface area contributed by atoms with Crippen molar-refractivity contribution in [1.82, 2.24) is 20.2 Å². The Bertz CT molecular complexity index is 620. The molecule has 1 aliphatic rings. The standard InChI is InChI=1S/C15H21N5O/c1-3-13(6-10-4-5-10)20-15(17-18-19-20)11-7-12(16)9-14(8-11)21-2/h7-10,13H,3-6,16H2,1-2H3. The Morgan fingerprint density at radius 2 is 2.19 bits per heavy atom. The highest BCUT2D eigenvalue weighted by Crippen LogP contribution is 2.38. The summed E-state index contributed by atoms with van der Waals surface area (Å²) >= 11 is 0. The number of hydrogen-bond acceptors (Lipinski definition) is 5. The van der Waals surface area contributed by atoms with Gasteiger partial charge in [0.15, 0.2) is 5.82 Å². The largest absolute Gasteiger partial charge is 0.497 e. The van der Waals surface area contributed by atoms with Gasteiger partial charge in [0, 0.05) is 17.3 Å². The van der Waals surface area contributed by atoms with Crippen LogP contribution in [0.15, 0.2) is 18.2 Å². The van der Waals surface area contributed by atoms with Crippen LogP contribution in [0.5, 0.6) is 5.75 Å². The van der Waals surface area contributed by atoms with Crippen molar-refractivity contribution in [2.75, 3.05) is 12.8 Å². The second-order valence-corrected chi connectivity index (χ2v) is 5.68. The predicted octanol–water partition coefficient (Wildman–Crippen LogP) is 2.68. The predicted molar refractivity (Wildman–Crippen MR) is 80.9 cm³/mol. The van der Waals surface area contributed by atoms with E-state index in [4.69, 9.17) is 10.5 Å². The van der Waals surface area contributed by atoms with E-state index in [2.05, 4.69) is 22.4 Å². The van der Waals surface area contributed by atoms with Crippen LogP contribution < -0.4 is 10.5 Å². The maximum Gasteiger partial charge on any atom is 0.182 e. The maximum absolute atomic E-state index is 5.93. The molecule has 1 heterocycles. The van der Waals surface area contributed by atoms with E-state index < -0.39 is 0 Å². The molecule has 21 heavy (non-hydrogen) atoms. The van der Waals surface area contributed by atoms with Crippen LogP contribution in [0, 0.1) is 5.92 Å². The monoisotopic (exact) mass is 287 g/mol. The molecule has 0 saturated heterocycles. The van der Waals surface area contributed by atoms with Crippen molar-refractivity contribution in [2.24, 2.45) is 5.92 Å². The number of hydrogen-bond donors (Lipinski definition) is 1. The molecule has 3 rings (SSSR count). The molecule has 2 aromatic rings. The SMILES string of the molecule is CCC(CC1CC1)n1nnnc1-c1cc(N)cc(OC)c1. The van der Waals surface area contributed by atoms with Crippen molar-refractivity contribution in [3.8, 4) is 17.1 Å². The highest BCUT2D eigenvalue weighted by Gasteiger charge is 2.27. The summed E-state index contributed by atoms with van der Waals surface area (Å²) in [7, 11) is 1.63. The van der Waals surface area contributed by atoms with Gasteiger partial charge in [0.25, 0.3) is 0 Å². The number of tetrazole rings is 1. The average Bonchev–Trinajstić information content (AvgIpc) is 3.18. The van der Waals surface area contributed by atoms with E-state index >= 15 is 0 Å². The second kappa shape index (κ2) is 5.71. The van der Waals surface area contributed by atoms with Gasteiger partial charge < -0.3 is 10.5 Å². The third kappa shape index (κ3) is 2.99. The first-order valence-corrected chi connectivity index (χ1v) is 7.44. The van der Waals surface area contributed by atoms with E-state index in [1.807, 2.05) is 16.8 Å². The molecule has 1 unspecified atom stereocenters. The summed E-state index contributed by atoms with van der Waals surface area (Å²) in [4.78, 5) is 0. The van der Waals surface area contributed by atoms with E-state index in [-0.39, 0.29) is 0 Å². The molecule has 1 aromatic heterocycles. The lowest BCUT2D eigenvalue weighted by Crippen LogP contribution is -2.12. The van der Waals surface area contributed by atoms with Gasteiger partial charge in [0.2, 0.25) is 0 Å². The van der Waals surface area contributed by atoms with Crippen LogP contribution in [0.1, 0.15) is 38.6 Å². The normalized spacial score (nSPS) is 15.9. The summed E-state index contributed by atoms with van der Waals surface area (Å²) in [5.74, 6) is 2.31. The zero-order chi connectivity index (χ0) is 14.8. The number of nitrogen functional groups attached to an aromatic ring is 1. The molecule has 0 amide bonds. The number of benzene rings is 1. The first-order valence-electron chi connectivity index (χ1n) is 7.44. The molecule has 1 saturated carbocycles. The van der Waals surface area contributed by atoms with Gasteiger partial charge in [0.05, 0.1) is 13.2 Å². The number of nitrogens with zero attached hydrogens (tertiary/aromatic N) is 4. The Balaban J connectivity index is 1.95. The first-order chi connectivity index (χ1) is 10.2. The van der Waals surface area contributed by atoms with Gasteiger partial charge >= 0.3 is 0 Å². The highest BCUT2D eigenvalue weighted by molar-refractivity contribution is 5.64. The Kier molecular flexibility index (Phi) is 3.77. The molecule has 0 aliphatic heterocycles. The lowest BCUT2D eigenvalue weighted by atomic mass is 10.1. The fourth-order valence-electron chi connectivity index (χ4n) is 2.68. The van der Waals surface area contributed by atoms with E-state index in [1.54, 1.807) is 13.2 Å². The lowest BCUT2D eigenvalue weighted by molar-refractivity contribution is 0.388. The second-order valence-electron chi connectivity index (χ2n) is 5.68. The molecule has 6 heteroatoms. The van der Waals surface area contributed by atoms with Gasteiger partial charge in [-0.15, -0.1) is 5.10 Å². The van der Waals surface area contributed by atoms with Crippen molar-refractivity contribution >= 4 is 5.69 Å². The molecule has 0 spiro atoms. The minimum atomic E-state index is 0.343. The van der Waals surface area contributed by atoms with Crippen molar-refractivity contribution in [3.05, 3.63) is 18.2 Å². The third-order valence-electron chi connectivity index (χ3n) is 4.04. The van der Waals surface area contributed by atoms with Crippen molar-refractivity contribution < 1.29 is 4.74 Å². The average molecular weight is 287 g/mol. The molecule has 1 atom stereocenters. The Labute approximate surface area is 124 Å². The number of nitrogens with two attached hydrogens (primary N) is 1. The summed E-state index contributed by atoms with van der Waals surface area (Å²) in [5, 5.41) is 12.3. The molecular weight excluding hydrogens is 266 g/mol. The van der Waals surface area contributed by atoms with Crippen molar-refractivity contribution in [2.45, 2.75) is 38.6 Å². The number of rotatable bonds is 6. The molecule has 1 fully saturated rings. The van der Waals surface area contributed by atoms with Crippen LogP contribution >= 0.6 is 0 Å². The molecular formula is C15H21N5O. The van der Waals surface area contributed by atoms with E-state index in [9.17, 15) is 0 Å². The summed E-state index contributed by atoms with van der Waals surface area (Å²) in [6.07, 6.45) is 4.84. The Morgan fingerprint density at radius 3 is 2.86 bits per heavy atom. The van der Waals surface area contributed by atoms with Gasteiger partial charge in [-0.3, -0.25) is 0 Å². The summed E-state index contributed by atoms with van der Waals surface area (Å²) in [6, 6.07) is 5.94. The summed E-state index contributed by atoms with van der Waals surface area (Å²) in [6.45, 7) is 2.18. The molecule has 2 N–H and O–H groups in total. The zero-order valence-corrected chi connectivity index (χ0v) is 12.5. The van der Waals surface area contributed by atoms with Gasteiger partial charge in [-0.05, 0) is 41.3 Å². The fourth-order valence-corrected chi connectivity index (χ4v) is 2.68. The van der Waals surface area contributed by atoms with Crippen LogP contribution in [-0.2, 0) is 0 Å². The third-order valence-corrected chi connectivity index (χ3v) is 4.04. The Hall–Kier alpha value is -2.11. The molecule has 112 valence electrons. The minimum absolute atomic E-state index is 0.343. The number of methoxy groups -OCH3 is 1. The topological polar surface area (TPSA) is 78.9 Å². The lowest BCUT2D eigenvalue weighted by Gasteiger charge is -2.16. The van der Waals surface area contributed by atoms with Crippen LogP contribution in [-0.4, -0.2) is 27.3 Å². The van der Waals surface area contributed by atoms with E-state index in [1.165, 1.54) is 12.8 Å². The van der Waals surface area contributed by atoms with Crippen molar-refractivity contribution in [3.63, 3.8) is 0 Å². The van der Waals surface area contributed by atoms with Crippen LogP contribution in [0.3, 0.4) is 0 Å². The maximum atomic E-state index is 5.93. The first kappa shape index (κ1) is 13.9. The Morgan fingerprint density at radius 1 is 1.38 bits per heavy atom. The number of ether oxygens (including phenoxy) is 1. The summed E-state index contributed by atoms with van der Waals surface area (Å²) in [5.41, 5.74) is 7.47. The molecule has 1 aliphatic carbocycles. The minimum Gasteiger partial charge on any atom is -0.497 e. The van der Waals surface area contributed by atoms with Crippen molar-refractivity contribution in [1.29, 1.82) is 0 Å². The van der Waals surface area contributed by atoms with E-state index in [0.29, 0.717) is 11.7 Å². The summed E-state index contributed by atoms with van der Waals surface area (Å²) < 4.78 is 7.21. The highest BCUT2D eigenvalue weighted by atomic mass is 16.5. The van der Waals surface area contributed by atoms with Crippen LogP contribution in [0.2, 0.25) is 0 Å². The molecule has 6 nitrogen and oxygen atoms in total. The smallest absolute Gasteiger partial charge is 0.182 e. The van der Waals surface area contributed by atoms with Crippen LogP contribution in [0.4, 0.5) is 5.69 Å². The van der Waals surface area contributed by atoms with Gasteiger partial charge in [-0.2, -0.15) is 0 Å². The van der Waals surface area contributed by atoms with Gasteiger partial charge in [-0.1, -0.05) is 19.8 Å². The number of aromatic nitrogens is 4. The quantitative estimate of drug-likeness (QED) is 0.826. The molecule has 1 aromatic carbocycles. The number of anilines is 1. The molecule has 0 radical (unpaired) electrons. The zero-order valence-electron chi connectivity index (χ0n) is 12.5. The van der Waals surface area contributed by atoms with Gasteiger partial charge in [0.1, 0.15) is 5.75 Å². The fraction of sp³-hybridized carbons (Fsp3) is 0.533. The van der Waals surface area contributed by atoms with E-state index in [0.717, 1.165) is 35.9 Å².